The fourth-order valence-electron chi connectivity index (χ4n) is 1.51. The second kappa shape index (κ2) is 3.36. The first-order valence-corrected chi connectivity index (χ1v) is 4.91. The lowest BCUT2D eigenvalue weighted by molar-refractivity contribution is -0.286. The first kappa shape index (κ1) is 10.2. The maximum Gasteiger partial charge on any atom is 0.586 e. The predicted molar refractivity (Wildman–Crippen MR) is 51.4 cm³/mol. The highest BCUT2D eigenvalue weighted by atomic mass is 19.3. The minimum atomic E-state index is -3.52. The molecule has 1 aromatic rings. The van der Waals surface area contributed by atoms with E-state index in [1.165, 1.54) is 6.07 Å². The number of hydrogen-bond acceptors (Lipinski definition) is 2. The van der Waals surface area contributed by atoms with Gasteiger partial charge in [-0.15, -0.1) is 8.78 Å². The molecule has 0 saturated carbocycles. The smallest absolute Gasteiger partial charge is 0.395 e. The highest BCUT2D eigenvalue weighted by Crippen LogP contribution is 2.42. The molecule has 0 aromatic heterocycles. The molecule has 15 heavy (non-hydrogen) atoms. The zero-order valence-corrected chi connectivity index (χ0v) is 8.59. The van der Waals surface area contributed by atoms with Crippen LogP contribution in [0.5, 0.6) is 11.5 Å². The second-order valence-corrected chi connectivity index (χ2v) is 3.68. The third kappa shape index (κ3) is 1.89. The Labute approximate surface area is 86.8 Å². The zero-order chi connectivity index (χ0) is 11.1. The van der Waals surface area contributed by atoms with Gasteiger partial charge in [0.05, 0.1) is 0 Å². The number of rotatable bonds is 2. The molecule has 1 aliphatic heterocycles. The summed E-state index contributed by atoms with van der Waals surface area (Å²) in [6.45, 7) is 4.08. The van der Waals surface area contributed by atoms with Gasteiger partial charge in [-0.3, -0.25) is 0 Å². The number of ether oxygens (including phenoxy) is 2. The second-order valence-electron chi connectivity index (χ2n) is 3.68. The van der Waals surface area contributed by atoms with E-state index in [2.05, 4.69) is 9.47 Å². The largest absolute Gasteiger partial charge is 0.586 e. The van der Waals surface area contributed by atoms with Crippen LogP contribution in [-0.4, -0.2) is 6.29 Å². The Kier molecular flexibility index (Phi) is 2.29. The maximum atomic E-state index is 12.7. The first-order valence-electron chi connectivity index (χ1n) is 4.91. The summed E-state index contributed by atoms with van der Waals surface area (Å²) in [7, 11) is 0. The van der Waals surface area contributed by atoms with Crippen LogP contribution in [0.3, 0.4) is 0 Å². The average Bonchev–Trinajstić information content (AvgIpc) is 2.49. The van der Waals surface area contributed by atoms with Crippen molar-refractivity contribution in [1.29, 1.82) is 0 Å². The van der Waals surface area contributed by atoms with Crippen LogP contribution in [0.15, 0.2) is 18.2 Å². The molecule has 0 spiro atoms. The molecule has 1 aliphatic rings. The Balaban J connectivity index is 2.30. The number of halogens is 2. The van der Waals surface area contributed by atoms with Gasteiger partial charge in [-0.1, -0.05) is 19.9 Å². The van der Waals surface area contributed by atoms with Crippen LogP contribution in [0, 0.1) is 0 Å². The van der Waals surface area contributed by atoms with E-state index in [9.17, 15) is 8.78 Å². The van der Waals surface area contributed by atoms with Crippen LogP contribution in [0.2, 0.25) is 0 Å². The zero-order valence-electron chi connectivity index (χ0n) is 8.59. The summed E-state index contributed by atoms with van der Waals surface area (Å²) in [6.07, 6.45) is -2.56. The summed E-state index contributed by atoms with van der Waals surface area (Å²) < 4.78 is 34.1. The van der Waals surface area contributed by atoms with Crippen molar-refractivity contribution in [1.82, 2.24) is 0 Å². The van der Waals surface area contributed by atoms with E-state index in [4.69, 9.17) is 0 Å². The average molecular weight is 214 g/mol. The molecule has 0 aliphatic carbocycles. The highest BCUT2D eigenvalue weighted by molar-refractivity contribution is 5.45. The molecule has 0 amide bonds. The Morgan fingerprint density at radius 3 is 2.60 bits per heavy atom. The molecular weight excluding hydrogens is 202 g/mol. The van der Waals surface area contributed by atoms with E-state index in [1.807, 2.05) is 13.8 Å². The van der Waals surface area contributed by atoms with Gasteiger partial charge in [0, 0.05) is 0 Å². The first-order chi connectivity index (χ1) is 7.02. The van der Waals surface area contributed by atoms with Gasteiger partial charge < -0.3 is 9.47 Å². The topological polar surface area (TPSA) is 18.5 Å². The molecule has 1 heterocycles. The summed E-state index contributed by atoms with van der Waals surface area (Å²) in [6, 6.07) is 4.93. The van der Waals surface area contributed by atoms with Gasteiger partial charge in [-0.05, 0) is 30.0 Å². The molecule has 0 fully saturated rings. The minimum Gasteiger partial charge on any atom is -0.395 e. The van der Waals surface area contributed by atoms with Crippen LogP contribution in [0.25, 0.3) is 0 Å². The molecule has 2 rings (SSSR count). The maximum absolute atomic E-state index is 12.7. The van der Waals surface area contributed by atoms with Crippen molar-refractivity contribution in [2.24, 2.45) is 0 Å². The van der Waals surface area contributed by atoms with Gasteiger partial charge in [-0.25, -0.2) is 0 Å². The Bertz CT molecular complexity index is 377. The molecular formula is C11H12F2O2. The molecule has 2 nitrogen and oxygen atoms in total. The van der Waals surface area contributed by atoms with E-state index in [1.54, 1.807) is 12.1 Å². The van der Waals surface area contributed by atoms with E-state index in [0.717, 1.165) is 12.0 Å². The molecule has 1 atom stereocenters. The SMILES string of the molecule is CCC(C)c1ccc2c(c1)OC(F)(F)O2. The Morgan fingerprint density at radius 1 is 1.27 bits per heavy atom. The van der Waals surface area contributed by atoms with Crippen molar-refractivity contribution in [3.8, 4) is 11.5 Å². The summed E-state index contributed by atoms with van der Waals surface area (Å²) in [5.74, 6) is 0.554. The lowest BCUT2D eigenvalue weighted by Gasteiger charge is -2.08. The third-order valence-electron chi connectivity index (χ3n) is 2.61. The fraction of sp³-hybridized carbons (Fsp3) is 0.455. The molecule has 0 N–H and O–H groups in total. The molecule has 82 valence electrons. The van der Waals surface area contributed by atoms with E-state index >= 15 is 0 Å². The van der Waals surface area contributed by atoms with Gasteiger partial charge >= 0.3 is 6.29 Å². The summed E-state index contributed by atoms with van der Waals surface area (Å²) in [4.78, 5) is 0. The number of benzene rings is 1. The van der Waals surface area contributed by atoms with Crippen molar-refractivity contribution in [2.75, 3.05) is 0 Å². The molecule has 1 unspecified atom stereocenters. The Hall–Kier alpha value is -1.32. The molecule has 1 aromatic carbocycles. The van der Waals surface area contributed by atoms with Gasteiger partial charge in [0.15, 0.2) is 11.5 Å². The number of hydrogen-bond donors (Lipinski definition) is 0. The predicted octanol–water partition coefficient (Wildman–Crippen LogP) is 3.52. The van der Waals surface area contributed by atoms with Gasteiger partial charge in [-0.2, -0.15) is 0 Å². The van der Waals surface area contributed by atoms with Crippen LogP contribution >= 0.6 is 0 Å². The summed E-state index contributed by atoms with van der Waals surface area (Å²) >= 11 is 0. The van der Waals surface area contributed by atoms with Crippen molar-refractivity contribution in [2.45, 2.75) is 32.5 Å². The van der Waals surface area contributed by atoms with Crippen LogP contribution in [-0.2, 0) is 0 Å². The van der Waals surface area contributed by atoms with Crippen molar-refractivity contribution < 1.29 is 18.3 Å². The number of alkyl halides is 2. The third-order valence-corrected chi connectivity index (χ3v) is 2.61. The molecule has 0 radical (unpaired) electrons. The normalized spacial score (nSPS) is 18.9. The number of fused-ring (bicyclic) bond motifs is 1. The minimum absolute atomic E-state index is 0.104. The molecule has 0 bridgehead atoms. The van der Waals surface area contributed by atoms with Crippen LogP contribution < -0.4 is 9.47 Å². The van der Waals surface area contributed by atoms with Gasteiger partial charge in [0.25, 0.3) is 0 Å². The molecule has 4 heteroatoms. The lowest BCUT2D eigenvalue weighted by Crippen LogP contribution is -2.25. The summed E-state index contributed by atoms with van der Waals surface area (Å²) in [5, 5.41) is 0. The quantitative estimate of drug-likeness (QED) is 0.749. The summed E-state index contributed by atoms with van der Waals surface area (Å²) in [5.41, 5.74) is 0.984. The van der Waals surface area contributed by atoms with E-state index in [0.29, 0.717) is 5.92 Å². The fourth-order valence-corrected chi connectivity index (χ4v) is 1.51. The lowest BCUT2D eigenvalue weighted by atomic mass is 9.98. The van der Waals surface area contributed by atoms with Gasteiger partial charge in [0.1, 0.15) is 0 Å². The van der Waals surface area contributed by atoms with Crippen LogP contribution in [0.1, 0.15) is 31.7 Å². The van der Waals surface area contributed by atoms with Crippen molar-refractivity contribution in [3.05, 3.63) is 23.8 Å². The van der Waals surface area contributed by atoms with Gasteiger partial charge in [0.2, 0.25) is 0 Å². The molecule has 0 saturated heterocycles. The Morgan fingerprint density at radius 2 is 1.93 bits per heavy atom. The van der Waals surface area contributed by atoms with Crippen molar-refractivity contribution in [3.63, 3.8) is 0 Å². The standard InChI is InChI=1S/C11H12F2O2/c1-3-7(2)8-4-5-9-10(6-8)15-11(12,13)14-9/h4-7H,3H2,1-2H3. The van der Waals surface area contributed by atoms with Crippen LogP contribution in [0.4, 0.5) is 8.78 Å². The highest BCUT2D eigenvalue weighted by Gasteiger charge is 2.43. The van der Waals surface area contributed by atoms with E-state index in [-0.39, 0.29) is 11.5 Å². The monoisotopic (exact) mass is 214 g/mol. The van der Waals surface area contributed by atoms with Crippen molar-refractivity contribution >= 4 is 0 Å². The van der Waals surface area contributed by atoms with E-state index < -0.39 is 6.29 Å².